The zero-order chi connectivity index (χ0) is 13.9. The number of nitrogens with one attached hydrogen (secondary N) is 2. The fourth-order valence-electron chi connectivity index (χ4n) is 1.52. The van der Waals surface area contributed by atoms with E-state index in [9.17, 15) is 18.0 Å². The Balaban J connectivity index is 1.85. The highest BCUT2D eigenvalue weighted by atomic mass is 19.4. The summed E-state index contributed by atoms with van der Waals surface area (Å²) in [4.78, 5) is 11.6. The van der Waals surface area contributed by atoms with Gasteiger partial charge < -0.3 is 15.4 Å². The van der Waals surface area contributed by atoms with Crippen LogP contribution < -0.4 is 15.4 Å². The quantitative estimate of drug-likeness (QED) is 0.880. The second-order valence-electron chi connectivity index (χ2n) is 4.27. The van der Waals surface area contributed by atoms with Crippen molar-refractivity contribution in [2.24, 2.45) is 5.92 Å². The molecule has 1 aromatic rings. The standard InChI is InChI=1S/C12H13F3N2O2/c13-12(14,15)7-19-10-3-1-9(2-4-10)17-11(18)8-5-16-6-8/h1-4,8,16H,5-7H2,(H,17,18). The van der Waals surface area contributed by atoms with Gasteiger partial charge >= 0.3 is 6.18 Å². The molecule has 4 nitrogen and oxygen atoms in total. The number of hydrogen-bond acceptors (Lipinski definition) is 3. The van der Waals surface area contributed by atoms with Crippen molar-refractivity contribution in [1.29, 1.82) is 0 Å². The third-order valence-corrected chi connectivity index (χ3v) is 2.68. The van der Waals surface area contributed by atoms with E-state index < -0.39 is 12.8 Å². The van der Waals surface area contributed by atoms with E-state index >= 15 is 0 Å². The number of anilines is 1. The van der Waals surface area contributed by atoms with Gasteiger partial charge in [-0.3, -0.25) is 4.79 Å². The van der Waals surface area contributed by atoms with Crippen molar-refractivity contribution in [2.75, 3.05) is 25.0 Å². The molecule has 1 saturated heterocycles. The molecule has 2 N–H and O–H groups in total. The number of rotatable bonds is 4. The van der Waals surface area contributed by atoms with E-state index in [2.05, 4.69) is 15.4 Å². The Morgan fingerprint density at radius 1 is 1.32 bits per heavy atom. The molecule has 0 saturated carbocycles. The minimum absolute atomic E-state index is 0.0406. The molecule has 7 heteroatoms. The maximum atomic E-state index is 11.9. The average Bonchev–Trinajstić information content (AvgIpc) is 2.24. The molecule has 0 aromatic heterocycles. The summed E-state index contributed by atoms with van der Waals surface area (Å²) in [6.45, 7) is -0.0241. The minimum atomic E-state index is -4.36. The van der Waals surface area contributed by atoms with Gasteiger partial charge in [0.2, 0.25) is 5.91 Å². The van der Waals surface area contributed by atoms with Crippen molar-refractivity contribution in [3.8, 4) is 5.75 Å². The molecule has 1 aliphatic heterocycles. The fourth-order valence-corrected chi connectivity index (χ4v) is 1.52. The van der Waals surface area contributed by atoms with E-state index in [1.165, 1.54) is 24.3 Å². The van der Waals surface area contributed by atoms with Gasteiger partial charge in [0, 0.05) is 18.8 Å². The molecule has 2 rings (SSSR count). The molecule has 0 unspecified atom stereocenters. The molecule has 1 amide bonds. The van der Waals surface area contributed by atoms with E-state index in [0.29, 0.717) is 18.8 Å². The van der Waals surface area contributed by atoms with Gasteiger partial charge in [0.05, 0.1) is 5.92 Å². The Morgan fingerprint density at radius 3 is 2.42 bits per heavy atom. The highest BCUT2D eigenvalue weighted by Crippen LogP contribution is 2.20. The Bertz CT molecular complexity index is 441. The first kappa shape index (κ1) is 13.7. The second-order valence-corrected chi connectivity index (χ2v) is 4.27. The summed E-state index contributed by atoms with van der Waals surface area (Å²) >= 11 is 0. The van der Waals surface area contributed by atoms with Crippen LogP contribution in [-0.2, 0) is 4.79 Å². The zero-order valence-corrected chi connectivity index (χ0v) is 9.96. The maximum Gasteiger partial charge on any atom is 0.422 e. The molecule has 1 fully saturated rings. The zero-order valence-electron chi connectivity index (χ0n) is 9.96. The van der Waals surface area contributed by atoms with Crippen molar-refractivity contribution in [2.45, 2.75) is 6.18 Å². The number of alkyl halides is 3. The molecule has 19 heavy (non-hydrogen) atoms. The van der Waals surface area contributed by atoms with E-state index in [-0.39, 0.29) is 17.6 Å². The van der Waals surface area contributed by atoms with Gasteiger partial charge in [-0.15, -0.1) is 0 Å². The van der Waals surface area contributed by atoms with Crippen molar-refractivity contribution >= 4 is 11.6 Å². The molecule has 0 aliphatic carbocycles. The van der Waals surface area contributed by atoms with E-state index in [1.54, 1.807) is 0 Å². The Morgan fingerprint density at radius 2 is 1.95 bits per heavy atom. The van der Waals surface area contributed by atoms with Gasteiger partial charge in [-0.2, -0.15) is 13.2 Å². The van der Waals surface area contributed by atoms with Crippen LogP contribution in [0.5, 0.6) is 5.75 Å². The van der Waals surface area contributed by atoms with Crippen molar-refractivity contribution < 1.29 is 22.7 Å². The van der Waals surface area contributed by atoms with Gasteiger partial charge in [-0.05, 0) is 24.3 Å². The van der Waals surface area contributed by atoms with Crippen LogP contribution >= 0.6 is 0 Å². The van der Waals surface area contributed by atoms with Gasteiger partial charge in [0.1, 0.15) is 5.75 Å². The number of hydrogen-bond donors (Lipinski definition) is 2. The molecule has 104 valence electrons. The third-order valence-electron chi connectivity index (χ3n) is 2.68. The lowest BCUT2D eigenvalue weighted by Crippen LogP contribution is -2.48. The molecule has 1 aromatic carbocycles. The molecule has 0 atom stereocenters. The molecule has 1 heterocycles. The van der Waals surface area contributed by atoms with Gasteiger partial charge in [0.15, 0.2) is 6.61 Å². The van der Waals surface area contributed by atoms with Crippen LogP contribution in [0.15, 0.2) is 24.3 Å². The van der Waals surface area contributed by atoms with Gasteiger partial charge in [0.25, 0.3) is 0 Å². The third kappa shape index (κ3) is 4.13. The van der Waals surface area contributed by atoms with E-state index in [1.807, 2.05) is 0 Å². The van der Waals surface area contributed by atoms with E-state index in [0.717, 1.165) is 0 Å². The van der Waals surface area contributed by atoms with E-state index in [4.69, 9.17) is 0 Å². The first-order valence-electron chi connectivity index (χ1n) is 5.75. The molecule has 1 aliphatic rings. The normalized spacial score (nSPS) is 15.7. The van der Waals surface area contributed by atoms with Crippen molar-refractivity contribution in [3.05, 3.63) is 24.3 Å². The summed E-state index contributed by atoms with van der Waals surface area (Å²) in [5, 5.41) is 5.67. The summed E-state index contributed by atoms with van der Waals surface area (Å²) < 4.78 is 40.4. The molecular weight excluding hydrogens is 261 g/mol. The Hall–Kier alpha value is -1.76. The van der Waals surface area contributed by atoms with Gasteiger partial charge in [-0.25, -0.2) is 0 Å². The molecule has 0 bridgehead atoms. The topological polar surface area (TPSA) is 50.4 Å². The number of carbonyl (C=O) groups excluding carboxylic acids is 1. The monoisotopic (exact) mass is 274 g/mol. The average molecular weight is 274 g/mol. The first-order valence-corrected chi connectivity index (χ1v) is 5.75. The number of carbonyl (C=O) groups is 1. The summed E-state index contributed by atoms with van der Waals surface area (Å²) in [5.74, 6) is -0.0236. The highest BCUT2D eigenvalue weighted by molar-refractivity contribution is 5.93. The predicted molar refractivity (Wildman–Crippen MR) is 63.0 cm³/mol. The molecule has 0 spiro atoms. The fraction of sp³-hybridized carbons (Fsp3) is 0.417. The lowest BCUT2D eigenvalue weighted by molar-refractivity contribution is -0.153. The van der Waals surface area contributed by atoms with Crippen molar-refractivity contribution in [1.82, 2.24) is 5.32 Å². The Labute approximate surface area is 107 Å². The van der Waals surface area contributed by atoms with Crippen LogP contribution in [0.4, 0.5) is 18.9 Å². The SMILES string of the molecule is O=C(Nc1ccc(OCC(F)(F)F)cc1)C1CNC1. The number of benzene rings is 1. The number of halogens is 3. The highest BCUT2D eigenvalue weighted by Gasteiger charge is 2.28. The van der Waals surface area contributed by atoms with Crippen LogP contribution in [0.1, 0.15) is 0 Å². The predicted octanol–water partition coefficient (Wildman–Crippen LogP) is 1.79. The lowest BCUT2D eigenvalue weighted by atomic mass is 10.0. The maximum absolute atomic E-state index is 11.9. The van der Waals surface area contributed by atoms with Crippen LogP contribution in [0, 0.1) is 5.92 Å². The summed E-state index contributed by atoms with van der Waals surface area (Å²) in [7, 11) is 0. The van der Waals surface area contributed by atoms with Crippen LogP contribution in [0.2, 0.25) is 0 Å². The lowest BCUT2D eigenvalue weighted by Gasteiger charge is -2.25. The number of amides is 1. The van der Waals surface area contributed by atoms with Gasteiger partial charge in [-0.1, -0.05) is 0 Å². The Kier molecular flexibility index (Phi) is 3.94. The van der Waals surface area contributed by atoms with Crippen LogP contribution in [0.25, 0.3) is 0 Å². The van der Waals surface area contributed by atoms with Crippen LogP contribution in [-0.4, -0.2) is 31.8 Å². The van der Waals surface area contributed by atoms with Crippen molar-refractivity contribution in [3.63, 3.8) is 0 Å². The summed E-state index contributed by atoms with van der Waals surface area (Å²) in [6.07, 6.45) is -4.36. The molecule has 0 radical (unpaired) electrons. The second kappa shape index (κ2) is 5.48. The van der Waals surface area contributed by atoms with Crippen LogP contribution in [0.3, 0.4) is 0 Å². The molecular formula is C12H13F3N2O2. The largest absolute Gasteiger partial charge is 0.484 e. The summed E-state index contributed by atoms with van der Waals surface area (Å²) in [5.41, 5.74) is 0.538. The first-order chi connectivity index (χ1) is 8.94. The smallest absolute Gasteiger partial charge is 0.422 e. The number of ether oxygens (including phenoxy) is 1. The minimum Gasteiger partial charge on any atom is -0.484 e. The summed E-state index contributed by atoms with van der Waals surface area (Å²) in [6, 6.07) is 5.80.